The van der Waals surface area contributed by atoms with Crippen molar-refractivity contribution in [3.05, 3.63) is 74.8 Å². The van der Waals surface area contributed by atoms with Gasteiger partial charge in [0.05, 0.1) is 18.3 Å². The van der Waals surface area contributed by atoms with Gasteiger partial charge in [-0.2, -0.15) is 13.9 Å². The van der Waals surface area contributed by atoms with Crippen molar-refractivity contribution in [3.63, 3.8) is 0 Å². The van der Waals surface area contributed by atoms with Crippen LogP contribution in [0.3, 0.4) is 0 Å². The predicted molar refractivity (Wildman–Crippen MR) is 155 cm³/mol. The summed E-state index contributed by atoms with van der Waals surface area (Å²) < 4.78 is 47.1. The Labute approximate surface area is 254 Å². The van der Waals surface area contributed by atoms with Crippen LogP contribution in [0.4, 0.5) is 18.0 Å². The smallest absolute Gasteiger partial charge is 0.407 e. The van der Waals surface area contributed by atoms with Crippen molar-refractivity contribution < 1.29 is 27.5 Å². The highest BCUT2D eigenvalue weighted by molar-refractivity contribution is 7.11. The summed E-state index contributed by atoms with van der Waals surface area (Å²) in [6.45, 7) is 2.52. The van der Waals surface area contributed by atoms with Crippen LogP contribution in [0.5, 0.6) is 0 Å². The summed E-state index contributed by atoms with van der Waals surface area (Å²) in [5, 5.41) is 12.5. The number of rotatable bonds is 8. The number of amides is 2. The average Bonchev–Trinajstić information content (AvgIpc) is 3.69. The van der Waals surface area contributed by atoms with E-state index >= 15 is 0 Å². The van der Waals surface area contributed by atoms with Gasteiger partial charge in [-0.05, 0) is 45.4 Å². The van der Waals surface area contributed by atoms with E-state index in [2.05, 4.69) is 20.7 Å². The quantitative estimate of drug-likeness (QED) is 0.336. The molecule has 2 aliphatic heterocycles. The Balaban J connectivity index is 1.56. The van der Waals surface area contributed by atoms with E-state index in [1.165, 1.54) is 29.5 Å². The summed E-state index contributed by atoms with van der Waals surface area (Å²) in [6.07, 6.45) is 2.88. The second-order valence-corrected chi connectivity index (χ2v) is 12.3. The number of thiazole rings is 1. The van der Waals surface area contributed by atoms with Gasteiger partial charge in [-0.3, -0.25) is 9.79 Å². The van der Waals surface area contributed by atoms with Crippen LogP contribution in [0.1, 0.15) is 62.5 Å². The number of nitrogens with one attached hydrogen (secondary N) is 2. The number of aliphatic imine (C=N–C) groups is 1. The summed E-state index contributed by atoms with van der Waals surface area (Å²) in [4.78, 5) is 36.2. The molecule has 2 N–H and O–H groups in total. The molecule has 1 saturated heterocycles. The first kappa shape index (κ1) is 30.5. The maximum Gasteiger partial charge on any atom is 0.407 e. The van der Waals surface area contributed by atoms with Gasteiger partial charge in [0.25, 0.3) is 0 Å². The van der Waals surface area contributed by atoms with Gasteiger partial charge in [0.1, 0.15) is 17.5 Å². The molecule has 2 aromatic heterocycles. The summed E-state index contributed by atoms with van der Waals surface area (Å²) in [7, 11) is 0. The van der Waals surface area contributed by atoms with Crippen molar-refractivity contribution in [2.24, 2.45) is 4.99 Å². The number of hydrogen-bond acceptors (Lipinski definition) is 8. The zero-order valence-corrected chi connectivity index (χ0v) is 25.1. The highest BCUT2D eigenvalue weighted by Crippen LogP contribution is 2.41. The van der Waals surface area contributed by atoms with Crippen LogP contribution >= 0.6 is 22.9 Å². The van der Waals surface area contributed by atoms with Gasteiger partial charge < -0.3 is 20.3 Å². The third kappa shape index (κ3) is 7.02. The molecule has 1 fully saturated rings. The highest BCUT2D eigenvalue weighted by atomic mass is 35.5. The van der Waals surface area contributed by atoms with Gasteiger partial charge >= 0.3 is 12.6 Å². The van der Waals surface area contributed by atoms with Gasteiger partial charge in [0, 0.05) is 52.6 Å². The Morgan fingerprint density at radius 1 is 1.30 bits per heavy atom. The Morgan fingerprint density at radius 2 is 2.09 bits per heavy atom. The van der Waals surface area contributed by atoms with E-state index in [-0.39, 0.29) is 42.2 Å². The topological polar surface area (TPSA) is 114 Å². The second-order valence-electron chi connectivity index (χ2n) is 11.0. The molecule has 2 atom stereocenters. The van der Waals surface area contributed by atoms with Crippen LogP contribution in [0.2, 0.25) is 5.02 Å². The van der Waals surface area contributed by atoms with Crippen LogP contribution < -0.4 is 10.6 Å². The number of aromatic nitrogens is 3. The Hall–Kier alpha value is -3.91. The normalized spacial score (nSPS) is 19.1. The van der Waals surface area contributed by atoms with Crippen molar-refractivity contribution in [1.82, 2.24) is 30.3 Å². The van der Waals surface area contributed by atoms with Gasteiger partial charge in [-0.25, -0.2) is 18.9 Å². The Bertz CT molecular complexity index is 1570. The predicted octanol–water partition coefficient (Wildman–Crippen LogP) is 5.55. The lowest BCUT2D eigenvalue weighted by Crippen LogP contribution is -2.46. The number of ether oxygens (including phenoxy) is 1. The summed E-state index contributed by atoms with van der Waals surface area (Å²) in [5.41, 5.74) is 0.721. The molecule has 5 rings (SSSR count). The monoisotopic (exact) mass is 635 g/mol. The molecule has 0 aliphatic carbocycles. The number of likely N-dealkylation sites (tertiary alicyclic amines) is 1. The number of benzene rings is 1. The third-order valence-electron chi connectivity index (χ3n) is 6.76. The van der Waals surface area contributed by atoms with E-state index in [4.69, 9.17) is 21.3 Å². The van der Waals surface area contributed by atoms with Gasteiger partial charge in [0.15, 0.2) is 10.8 Å². The molecule has 0 spiro atoms. The van der Waals surface area contributed by atoms with Crippen molar-refractivity contribution in [3.8, 4) is 0 Å². The SMILES string of the molecule is CC(C)(C)OC(=O)NC[C@H]1CCC(=O)N1CC1=C(c2ccn(C(F)F)n2)[C@H](c2ccc(F)cc2Cl)N=C(c2nccs2)N1. The second kappa shape index (κ2) is 12.4. The lowest BCUT2D eigenvalue weighted by atomic mass is 9.93. The van der Waals surface area contributed by atoms with E-state index in [9.17, 15) is 22.8 Å². The molecular weight excluding hydrogens is 607 g/mol. The lowest BCUT2D eigenvalue weighted by Gasteiger charge is -2.32. The number of alkyl halides is 2. The van der Waals surface area contributed by atoms with Crippen molar-refractivity contribution >= 4 is 46.3 Å². The maximum atomic E-state index is 14.0. The number of alkyl carbamates (subject to hydrolysis) is 1. The number of hydrogen-bond donors (Lipinski definition) is 2. The fourth-order valence-corrected chi connectivity index (χ4v) is 5.77. The molecule has 0 bridgehead atoms. The minimum absolute atomic E-state index is 0.01000. The molecular formula is C28H29ClF3N7O3S. The average molecular weight is 636 g/mol. The van der Waals surface area contributed by atoms with Crippen LogP contribution in [-0.2, 0) is 9.53 Å². The first-order valence-electron chi connectivity index (χ1n) is 13.4. The van der Waals surface area contributed by atoms with E-state index in [1.807, 2.05) is 0 Å². The minimum atomic E-state index is -2.89. The largest absolute Gasteiger partial charge is 0.444 e. The molecule has 228 valence electrons. The van der Waals surface area contributed by atoms with Gasteiger partial charge in [0.2, 0.25) is 5.91 Å². The molecule has 3 aromatic rings. The minimum Gasteiger partial charge on any atom is -0.444 e. The third-order valence-corrected chi connectivity index (χ3v) is 7.87. The van der Waals surface area contributed by atoms with Gasteiger partial charge in [-0.15, -0.1) is 11.3 Å². The van der Waals surface area contributed by atoms with Crippen LogP contribution in [-0.4, -0.2) is 62.2 Å². The molecule has 0 unspecified atom stereocenters. The van der Waals surface area contributed by atoms with E-state index in [0.717, 1.165) is 12.3 Å². The molecule has 10 nitrogen and oxygen atoms in total. The maximum absolute atomic E-state index is 14.0. The Morgan fingerprint density at radius 3 is 2.74 bits per heavy atom. The fraction of sp³-hybridized carbons (Fsp3) is 0.393. The van der Waals surface area contributed by atoms with Crippen LogP contribution in [0.25, 0.3) is 5.57 Å². The number of amidine groups is 1. The number of halogens is 4. The standard InChI is InChI=1S/C28H29ClF3N7O3S/c1-28(2,3)42-27(41)34-13-16-5-7-21(40)38(16)14-20-22(19-8-10-39(37-19)26(31)32)23(17-6-4-15(30)12-18(17)29)36-24(35-20)25-33-9-11-43-25/h4,6,8-12,16,23,26H,5,7,13-14H2,1-3H3,(H,34,41)(H,35,36)/t16-,23+/m1/s1. The number of carbonyl (C=O) groups is 2. The summed E-state index contributed by atoms with van der Waals surface area (Å²) >= 11 is 7.82. The van der Waals surface area contributed by atoms with Crippen molar-refractivity contribution in [2.75, 3.05) is 13.1 Å². The van der Waals surface area contributed by atoms with Crippen LogP contribution in [0.15, 0.2) is 52.7 Å². The zero-order valence-electron chi connectivity index (χ0n) is 23.5. The summed E-state index contributed by atoms with van der Waals surface area (Å²) in [5.74, 6) is -0.345. The first-order chi connectivity index (χ1) is 20.4. The van der Waals surface area contributed by atoms with E-state index in [0.29, 0.717) is 38.8 Å². The molecule has 2 aliphatic rings. The molecule has 15 heteroatoms. The summed E-state index contributed by atoms with van der Waals surface area (Å²) in [6, 6.07) is 4.01. The number of nitrogens with zero attached hydrogens (tertiary/aromatic N) is 5. The molecule has 2 amide bonds. The molecule has 43 heavy (non-hydrogen) atoms. The molecule has 1 aromatic carbocycles. The van der Waals surface area contributed by atoms with Crippen molar-refractivity contribution in [1.29, 1.82) is 0 Å². The van der Waals surface area contributed by atoms with E-state index < -0.39 is 30.1 Å². The van der Waals surface area contributed by atoms with Gasteiger partial charge in [-0.1, -0.05) is 17.7 Å². The molecule has 0 radical (unpaired) electrons. The highest BCUT2D eigenvalue weighted by Gasteiger charge is 2.37. The van der Waals surface area contributed by atoms with Crippen molar-refractivity contribution in [2.45, 2.75) is 57.8 Å². The van der Waals surface area contributed by atoms with E-state index in [1.54, 1.807) is 37.2 Å². The number of carbonyl (C=O) groups excluding carboxylic acids is 2. The zero-order chi connectivity index (χ0) is 30.9. The molecule has 4 heterocycles. The Kier molecular flexibility index (Phi) is 8.79. The first-order valence-corrected chi connectivity index (χ1v) is 14.7. The molecule has 0 saturated carbocycles. The lowest BCUT2D eigenvalue weighted by molar-refractivity contribution is -0.128. The van der Waals surface area contributed by atoms with Crippen LogP contribution in [0, 0.1) is 5.82 Å². The fourth-order valence-electron chi connectivity index (χ4n) is 4.92.